The van der Waals surface area contributed by atoms with E-state index < -0.39 is 0 Å². The molecule has 3 aromatic heterocycles. The van der Waals surface area contributed by atoms with Crippen LogP contribution < -0.4 is 0 Å². The van der Waals surface area contributed by atoms with Crippen LogP contribution in [0.25, 0.3) is 93.5 Å². The van der Waals surface area contributed by atoms with E-state index in [0.717, 1.165) is 16.5 Å². The molecule has 238 valence electrons. The molecule has 0 amide bonds. The monoisotopic (exact) mass is 649 g/mol. The largest absolute Gasteiger partial charge is 0.309 e. The van der Waals surface area contributed by atoms with Crippen molar-refractivity contribution in [1.29, 1.82) is 0 Å². The van der Waals surface area contributed by atoms with Crippen molar-refractivity contribution in [2.24, 2.45) is 0 Å². The number of benzene rings is 7. The average Bonchev–Trinajstić information content (AvgIpc) is 3.54. The van der Waals surface area contributed by atoms with Crippen LogP contribution in [-0.2, 0) is 0 Å². The Morgan fingerprint density at radius 3 is 1.33 bits per heavy atom. The molecule has 0 radical (unpaired) electrons. The summed E-state index contributed by atoms with van der Waals surface area (Å²) in [5, 5.41) is 7.16. The molecule has 10 rings (SSSR count). The SMILES string of the molecule is c1ccc(-n2c3ccc(-c4cccc(-c5cccc6ccncc56)c4)cc3c3cc(-c4cccc(-c5cccc6ccncc56)c4)ccc32)cc1. The first kappa shape index (κ1) is 29.1. The van der Waals surface area contributed by atoms with Crippen molar-refractivity contribution in [1.82, 2.24) is 14.5 Å². The Balaban J connectivity index is 1.14. The van der Waals surface area contributed by atoms with Gasteiger partial charge in [-0.1, -0.05) is 103 Å². The summed E-state index contributed by atoms with van der Waals surface area (Å²) < 4.78 is 2.39. The van der Waals surface area contributed by atoms with Gasteiger partial charge in [0.05, 0.1) is 11.0 Å². The van der Waals surface area contributed by atoms with E-state index in [1.165, 1.54) is 77.1 Å². The second kappa shape index (κ2) is 11.9. The highest BCUT2D eigenvalue weighted by molar-refractivity contribution is 6.12. The number of hydrogen-bond acceptors (Lipinski definition) is 2. The molecule has 0 aliphatic heterocycles. The van der Waals surface area contributed by atoms with E-state index in [1.807, 2.05) is 24.8 Å². The number of hydrogen-bond donors (Lipinski definition) is 0. The highest BCUT2D eigenvalue weighted by atomic mass is 15.0. The van der Waals surface area contributed by atoms with E-state index in [4.69, 9.17) is 0 Å². The first-order chi connectivity index (χ1) is 25.3. The van der Waals surface area contributed by atoms with Gasteiger partial charge < -0.3 is 4.57 Å². The van der Waals surface area contributed by atoms with Crippen LogP contribution in [0.3, 0.4) is 0 Å². The van der Waals surface area contributed by atoms with E-state index in [2.05, 4.69) is 178 Å². The summed E-state index contributed by atoms with van der Waals surface area (Å²) >= 11 is 0. The van der Waals surface area contributed by atoms with E-state index in [1.54, 1.807) is 0 Å². The van der Waals surface area contributed by atoms with Crippen molar-refractivity contribution in [3.05, 3.63) is 189 Å². The van der Waals surface area contributed by atoms with Gasteiger partial charge in [-0.2, -0.15) is 0 Å². The highest BCUT2D eigenvalue weighted by Crippen LogP contribution is 2.39. The molecular formula is C48H31N3. The van der Waals surface area contributed by atoms with Gasteiger partial charge in [0.2, 0.25) is 0 Å². The fourth-order valence-electron chi connectivity index (χ4n) is 7.70. The zero-order chi connectivity index (χ0) is 33.7. The molecule has 10 aromatic rings. The van der Waals surface area contributed by atoms with Gasteiger partial charge in [-0.15, -0.1) is 0 Å². The van der Waals surface area contributed by atoms with Crippen LogP contribution in [-0.4, -0.2) is 14.5 Å². The minimum Gasteiger partial charge on any atom is -0.309 e. The Labute approximate surface area is 295 Å². The summed E-state index contributed by atoms with van der Waals surface area (Å²) in [5.41, 5.74) is 13.0. The molecule has 0 N–H and O–H groups in total. The van der Waals surface area contributed by atoms with Crippen molar-refractivity contribution < 1.29 is 0 Å². The molecule has 0 saturated carbocycles. The molecule has 3 heteroatoms. The van der Waals surface area contributed by atoms with Crippen molar-refractivity contribution in [3.8, 4) is 50.2 Å². The molecule has 0 atom stereocenters. The zero-order valence-corrected chi connectivity index (χ0v) is 27.7. The maximum atomic E-state index is 4.43. The van der Waals surface area contributed by atoms with Gasteiger partial charge in [0.25, 0.3) is 0 Å². The third-order valence-corrected chi connectivity index (χ3v) is 10.2. The quantitative estimate of drug-likeness (QED) is 0.186. The predicted octanol–water partition coefficient (Wildman–Crippen LogP) is 12.5. The van der Waals surface area contributed by atoms with Crippen LogP contribution in [0.2, 0.25) is 0 Å². The van der Waals surface area contributed by atoms with Crippen LogP contribution in [0.5, 0.6) is 0 Å². The Bertz CT molecular complexity index is 2730. The van der Waals surface area contributed by atoms with Gasteiger partial charge in [0.15, 0.2) is 0 Å². The number of para-hydroxylation sites is 1. The number of fused-ring (bicyclic) bond motifs is 5. The van der Waals surface area contributed by atoms with Crippen molar-refractivity contribution in [2.75, 3.05) is 0 Å². The normalized spacial score (nSPS) is 11.5. The molecule has 0 saturated heterocycles. The van der Waals surface area contributed by atoms with E-state index >= 15 is 0 Å². The first-order valence-electron chi connectivity index (χ1n) is 17.3. The van der Waals surface area contributed by atoms with Crippen LogP contribution in [0.15, 0.2) is 189 Å². The summed E-state index contributed by atoms with van der Waals surface area (Å²) in [5.74, 6) is 0. The topological polar surface area (TPSA) is 30.7 Å². The number of nitrogens with zero attached hydrogens (tertiary/aromatic N) is 3. The molecule has 0 unspecified atom stereocenters. The van der Waals surface area contributed by atoms with E-state index in [9.17, 15) is 0 Å². The van der Waals surface area contributed by atoms with Crippen molar-refractivity contribution in [3.63, 3.8) is 0 Å². The third kappa shape index (κ3) is 4.98. The second-order valence-electron chi connectivity index (χ2n) is 13.1. The minimum absolute atomic E-state index is 1.15. The van der Waals surface area contributed by atoms with Crippen LogP contribution in [0.4, 0.5) is 0 Å². The number of pyridine rings is 2. The third-order valence-electron chi connectivity index (χ3n) is 10.2. The molecule has 0 fully saturated rings. The van der Waals surface area contributed by atoms with E-state index in [0.29, 0.717) is 0 Å². The maximum absolute atomic E-state index is 4.43. The summed E-state index contributed by atoms with van der Waals surface area (Å²) in [6.07, 6.45) is 7.64. The van der Waals surface area contributed by atoms with Crippen LogP contribution >= 0.6 is 0 Å². The minimum atomic E-state index is 1.15. The molecule has 0 spiro atoms. The lowest BCUT2D eigenvalue weighted by Crippen LogP contribution is -1.93. The second-order valence-corrected chi connectivity index (χ2v) is 13.1. The highest BCUT2D eigenvalue weighted by Gasteiger charge is 2.16. The van der Waals surface area contributed by atoms with E-state index in [-0.39, 0.29) is 0 Å². The maximum Gasteiger partial charge on any atom is 0.0541 e. The van der Waals surface area contributed by atoms with Gasteiger partial charge in [-0.3, -0.25) is 9.97 Å². The Morgan fingerprint density at radius 2 is 0.804 bits per heavy atom. The standard InChI is InChI=1S/C48H31N3/c1-2-14-40(15-3-1)51-47-20-18-36(34-10-4-12-38(26-34)41-16-6-8-32-22-24-49-30-45(32)41)28-43(47)44-29-37(19-21-48(44)51)35-11-5-13-39(27-35)42-17-7-9-33-23-25-50-31-46(33)42/h1-31H. The Morgan fingerprint density at radius 1 is 0.333 bits per heavy atom. The molecule has 0 aliphatic carbocycles. The lowest BCUT2D eigenvalue weighted by atomic mass is 9.94. The number of rotatable bonds is 5. The smallest absolute Gasteiger partial charge is 0.0541 e. The fourth-order valence-corrected chi connectivity index (χ4v) is 7.70. The summed E-state index contributed by atoms with van der Waals surface area (Å²) in [6.45, 7) is 0. The van der Waals surface area contributed by atoms with Gasteiger partial charge in [0.1, 0.15) is 0 Å². The lowest BCUT2D eigenvalue weighted by Gasteiger charge is -2.10. The summed E-state index contributed by atoms with van der Waals surface area (Å²) in [7, 11) is 0. The zero-order valence-electron chi connectivity index (χ0n) is 27.7. The number of aromatic nitrogens is 3. The molecule has 51 heavy (non-hydrogen) atoms. The first-order valence-corrected chi connectivity index (χ1v) is 17.3. The molecule has 3 heterocycles. The fraction of sp³-hybridized carbons (Fsp3) is 0. The van der Waals surface area contributed by atoms with Crippen LogP contribution in [0, 0.1) is 0 Å². The van der Waals surface area contributed by atoms with Gasteiger partial charge in [0, 0.05) is 52.0 Å². The van der Waals surface area contributed by atoms with Gasteiger partial charge in [-0.05, 0) is 116 Å². The lowest BCUT2D eigenvalue weighted by molar-refractivity contribution is 1.18. The molecule has 7 aromatic carbocycles. The van der Waals surface area contributed by atoms with Gasteiger partial charge in [-0.25, -0.2) is 0 Å². The predicted molar refractivity (Wildman–Crippen MR) is 213 cm³/mol. The molecule has 0 aliphatic rings. The van der Waals surface area contributed by atoms with Crippen LogP contribution in [0.1, 0.15) is 0 Å². The Hall–Kier alpha value is -6.84. The summed E-state index contributed by atoms with van der Waals surface area (Å²) in [4.78, 5) is 8.85. The summed E-state index contributed by atoms with van der Waals surface area (Å²) in [6, 6.07) is 59.3. The van der Waals surface area contributed by atoms with Crippen molar-refractivity contribution in [2.45, 2.75) is 0 Å². The van der Waals surface area contributed by atoms with Crippen molar-refractivity contribution >= 4 is 43.4 Å². The van der Waals surface area contributed by atoms with Gasteiger partial charge >= 0.3 is 0 Å². The Kier molecular flexibility index (Phi) is 6.81. The average molecular weight is 650 g/mol. The molecular weight excluding hydrogens is 619 g/mol. The molecule has 0 bridgehead atoms. The molecule has 3 nitrogen and oxygen atoms in total.